The first-order valence-corrected chi connectivity index (χ1v) is 10.3. The van der Waals surface area contributed by atoms with Crippen LogP contribution in [0.4, 0.5) is 5.69 Å². The molecule has 8 heteroatoms. The summed E-state index contributed by atoms with van der Waals surface area (Å²) in [6.45, 7) is -0.413. The lowest BCUT2D eigenvalue weighted by atomic mass is 10.1. The molecular formula is C23H14Cl3NO4. The Kier molecular flexibility index (Phi) is 6.18. The predicted molar refractivity (Wildman–Crippen MR) is 124 cm³/mol. The van der Waals surface area contributed by atoms with Crippen molar-refractivity contribution in [3.63, 3.8) is 0 Å². The van der Waals surface area contributed by atoms with Crippen LogP contribution in [-0.2, 0) is 4.79 Å². The zero-order chi connectivity index (χ0) is 22.0. The lowest BCUT2D eigenvalue weighted by molar-refractivity contribution is -0.118. The van der Waals surface area contributed by atoms with Gasteiger partial charge in [-0.1, -0.05) is 46.9 Å². The molecule has 0 saturated heterocycles. The summed E-state index contributed by atoms with van der Waals surface area (Å²) in [5.41, 5.74) is 0.917. The Morgan fingerprint density at radius 1 is 0.935 bits per heavy atom. The molecule has 0 radical (unpaired) electrons. The third kappa shape index (κ3) is 4.69. The quantitative estimate of drug-likeness (QED) is 0.361. The molecule has 1 aromatic heterocycles. The van der Waals surface area contributed by atoms with Crippen LogP contribution in [0.25, 0.3) is 22.3 Å². The number of rotatable bonds is 5. The van der Waals surface area contributed by atoms with E-state index in [1.54, 1.807) is 60.7 Å². The van der Waals surface area contributed by atoms with Crippen LogP contribution in [0.5, 0.6) is 5.75 Å². The molecule has 1 heterocycles. The molecule has 0 unspecified atom stereocenters. The minimum atomic E-state index is -0.456. The molecular weight excluding hydrogens is 461 g/mol. The second-order valence-corrected chi connectivity index (χ2v) is 7.83. The smallest absolute Gasteiger partial charge is 0.262 e. The average Bonchev–Trinajstić information content (AvgIpc) is 2.75. The van der Waals surface area contributed by atoms with E-state index in [0.717, 1.165) is 0 Å². The third-order valence-corrected chi connectivity index (χ3v) is 5.21. The summed E-state index contributed by atoms with van der Waals surface area (Å²) in [5, 5.41) is 4.26. The molecule has 0 aliphatic carbocycles. The number of hydrogen-bond donors (Lipinski definition) is 1. The van der Waals surface area contributed by atoms with Crippen LogP contribution in [0.3, 0.4) is 0 Å². The first-order valence-electron chi connectivity index (χ1n) is 9.12. The molecule has 0 aliphatic rings. The largest absolute Gasteiger partial charge is 0.476 e. The Hall–Kier alpha value is -2.99. The van der Waals surface area contributed by atoms with Crippen LogP contribution in [0.15, 0.2) is 75.9 Å². The molecule has 156 valence electrons. The van der Waals surface area contributed by atoms with Crippen LogP contribution in [0, 0.1) is 0 Å². The Bertz CT molecular complexity index is 1330. The number of para-hydroxylation sites is 1. The van der Waals surface area contributed by atoms with Gasteiger partial charge in [0.2, 0.25) is 11.2 Å². The van der Waals surface area contributed by atoms with E-state index in [4.69, 9.17) is 44.0 Å². The maximum absolute atomic E-state index is 13.1. The van der Waals surface area contributed by atoms with Crippen molar-refractivity contribution in [1.29, 1.82) is 0 Å². The van der Waals surface area contributed by atoms with Gasteiger partial charge in [-0.05, 0) is 54.6 Å². The Balaban J connectivity index is 1.70. The van der Waals surface area contributed by atoms with E-state index in [-0.39, 0.29) is 16.5 Å². The van der Waals surface area contributed by atoms with Gasteiger partial charge < -0.3 is 14.5 Å². The number of anilines is 1. The summed E-state index contributed by atoms with van der Waals surface area (Å²) in [7, 11) is 0. The molecule has 1 amide bonds. The molecule has 0 spiro atoms. The van der Waals surface area contributed by atoms with Gasteiger partial charge in [0.25, 0.3) is 5.91 Å². The molecule has 5 nitrogen and oxygen atoms in total. The standard InChI is InChI=1S/C23H14Cl3NO4/c24-13-5-8-15(9-6-13)27-20(28)12-30-23-21(29)17-3-1-2-4-19(17)31-22(23)16-10-7-14(25)11-18(16)26/h1-11H,12H2,(H,27,28). The van der Waals surface area contributed by atoms with Crippen molar-refractivity contribution in [3.05, 3.63) is 92.0 Å². The molecule has 4 aromatic rings. The zero-order valence-corrected chi connectivity index (χ0v) is 18.1. The Morgan fingerprint density at radius 2 is 1.65 bits per heavy atom. The lowest BCUT2D eigenvalue weighted by Crippen LogP contribution is -2.22. The van der Waals surface area contributed by atoms with Gasteiger partial charge in [0.15, 0.2) is 12.4 Å². The van der Waals surface area contributed by atoms with E-state index >= 15 is 0 Å². The Morgan fingerprint density at radius 3 is 2.39 bits per heavy atom. The molecule has 4 rings (SSSR count). The van der Waals surface area contributed by atoms with Crippen LogP contribution in [-0.4, -0.2) is 12.5 Å². The van der Waals surface area contributed by atoms with Crippen molar-refractivity contribution >= 4 is 57.4 Å². The monoisotopic (exact) mass is 473 g/mol. The van der Waals surface area contributed by atoms with Gasteiger partial charge in [-0.2, -0.15) is 0 Å². The van der Waals surface area contributed by atoms with Gasteiger partial charge in [-0.25, -0.2) is 0 Å². The summed E-state index contributed by atoms with van der Waals surface area (Å²) < 4.78 is 11.6. The van der Waals surface area contributed by atoms with Crippen molar-refractivity contribution in [2.24, 2.45) is 0 Å². The molecule has 1 N–H and O–H groups in total. The second kappa shape index (κ2) is 9.02. The van der Waals surface area contributed by atoms with E-state index in [9.17, 15) is 9.59 Å². The van der Waals surface area contributed by atoms with E-state index in [0.29, 0.717) is 32.3 Å². The van der Waals surface area contributed by atoms with Crippen LogP contribution >= 0.6 is 34.8 Å². The average molecular weight is 475 g/mol. The molecule has 0 fully saturated rings. The molecule has 3 aromatic carbocycles. The molecule has 0 bridgehead atoms. The van der Waals surface area contributed by atoms with E-state index in [1.807, 2.05) is 0 Å². The lowest BCUT2D eigenvalue weighted by Gasteiger charge is -2.13. The summed E-state index contributed by atoms with van der Waals surface area (Å²) in [5.74, 6) is -0.457. The maximum Gasteiger partial charge on any atom is 0.262 e. The van der Waals surface area contributed by atoms with Gasteiger partial charge in [0, 0.05) is 21.3 Å². The van der Waals surface area contributed by atoms with Gasteiger partial charge in [0.1, 0.15) is 5.58 Å². The third-order valence-electron chi connectivity index (χ3n) is 4.41. The predicted octanol–water partition coefficient (Wildman–Crippen LogP) is 6.44. The van der Waals surface area contributed by atoms with Gasteiger partial charge in [-0.3, -0.25) is 9.59 Å². The highest BCUT2D eigenvalue weighted by Crippen LogP contribution is 2.36. The minimum Gasteiger partial charge on any atom is -0.476 e. The molecule has 0 aliphatic heterocycles. The highest BCUT2D eigenvalue weighted by molar-refractivity contribution is 6.36. The molecule has 0 atom stereocenters. The Labute approximate surface area is 192 Å². The van der Waals surface area contributed by atoms with Crippen molar-refractivity contribution in [2.45, 2.75) is 0 Å². The number of ether oxygens (including phenoxy) is 1. The summed E-state index contributed by atoms with van der Waals surface area (Å²) >= 11 is 18.2. The number of hydrogen-bond acceptors (Lipinski definition) is 4. The summed E-state index contributed by atoms with van der Waals surface area (Å²) in [4.78, 5) is 25.5. The highest BCUT2D eigenvalue weighted by Gasteiger charge is 2.20. The van der Waals surface area contributed by atoms with Crippen LogP contribution in [0.2, 0.25) is 15.1 Å². The number of benzene rings is 3. The molecule has 31 heavy (non-hydrogen) atoms. The van der Waals surface area contributed by atoms with E-state index < -0.39 is 17.9 Å². The first kappa shape index (κ1) is 21.2. The number of carbonyl (C=O) groups is 1. The van der Waals surface area contributed by atoms with Crippen LogP contribution < -0.4 is 15.5 Å². The van der Waals surface area contributed by atoms with Crippen LogP contribution in [0.1, 0.15) is 0 Å². The van der Waals surface area contributed by atoms with E-state index in [2.05, 4.69) is 5.32 Å². The van der Waals surface area contributed by atoms with Crippen molar-refractivity contribution in [2.75, 3.05) is 11.9 Å². The topological polar surface area (TPSA) is 68.5 Å². The SMILES string of the molecule is O=C(COc1c(-c2ccc(Cl)cc2Cl)oc2ccccc2c1=O)Nc1ccc(Cl)cc1. The number of amides is 1. The summed E-state index contributed by atoms with van der Waals surface area (Å²) in [6.07, 6.45) is 0. The zero-order valence-electron chi connectivity index (χ0n) is 15.8. The van der Waals surface area contributed by atoms with Crippen molar-refractivity contribution in [3.8, 4) is 17.1 Å². The number of nitrogens with one attached hydrogen (secondary N) is 1. The fourth-order valence-electron chi connectivity index (χ4n) is 2.97. The fraction of sp³-hybridized carbons (Fsp3) is 0.0435. The minimum absolute atomic E-state index is 0.115. The highest BCUT2D eigenvalue weighted by atomic mass is 35.5. The van der Waals surface area contributed by atoms with Crippen molar-refractivity contribution < 1.29 is 13.9 Å². The second-order valence-electron chi connectivity index (χ2n) is 6.55. The van der Waals surface area contributed by atoms with Gasteiger partial charge in [0.05, 0.1) is 10.4 Å². The fourth-order valence-corrected chi connectivity index (χ4v) is 3.60. The number of halogens is 3. The van der Waals surface area contributed by atoms with Gasteiger partial charge >= 0.3 is 0 Å². The molecule has 0 saturated carbocycles. The number of fused-ring (bicyclic) bond motifs is 1. The normalized spacial score (nSPS) is 10.8. The van der Waals surface area contributed by atoms with E-state index in [1.165, 1.54) is 6.07 Å². The van der Waals surface area contributed by atoms with Gasteiger partial charge in [-0.15, -0.1) is 0 Å². The maximum atomic E-state index is 13.1. The number of carbonyl (C=O) groups excluding carboxylic acids is 1. The van der Waals surface area contributed by atoms with Crippen molar-refractivity contribution in [1.82, 2.24) is 0 Å². The first-order chi connectivity index (χ1) is 14.9. The summed E-state index contributed by atoms with van der Waals surface area (Å²) in [6, 6.07) is 18.1.